The molecule has 0 aliphatic rings. The third kappa shape index (κ3) is 4.17. The summed E-state index contributed by atoms with van der Waals surface area (Å²) in [4.78, 5) is 22.7. The van der Waals surface area contributed by atoms with Crippen molar-refractivity contribution in [3.8, 4) is 6.07 Å². The lowest BCUT2D eigenvalue weighted by Gasteiger charge is -2.00. The number of furan rings is 1. The van der Waals surface area contributed by atoms with Crippen LogP contribution in [0.2, 0.25) is 0 Å². The van der Waals surface area contributed by atoms with Crippen molar-refractivity contribution in [2.24, 2.45) is 0 Å². The smallest absolute Gasteiger partial charge is 0.374 e. The first-order chi connectivity index (χ1) is 9.62. The molecule has 0 fully saturated rings. The van der Waals surface area contributed by atoms with E-state index in [1.807, 2.05) is 0 Å². The van der Waals surface area contributed by atoms with E-state index in [9.17, 15) is 9.59 Å². The fraction of sp³-hybridized carbons (Fsp3) is 0.308. The largest absolute Gasteiger partial charge is 0.462 e. The molecule has 7 heteroatoms. The van der Waals surface area contributed by atoms with Crippen LogP contribution in [0.3, 0.4) is 0 Å². The summed E-state index contributed by atoms with van der Waals surface area (Å²) in [5.41, 5.74) is -0.207. The van der Waals surface area contributed by atoms with Gasteiger partial charge in [-0.15, -0.1) is 0 Å². The van der Waals surface area contributed by atoms with Gasteiger partial charge in [-0.1, -0.05) is 0 Å². The molecular weight excluding hydrogens is 264 g/mol. The van der Waals surface area contributed by atoms with E-state index in [1.165, 1.54) is 12.1 Å². The molecule has 0 atom stereocenters. The quantitative estimate of drug-likeness (QED) is 0.481. The maximum atomic E-state index is 11.4. The monoisotopic (exact) mass is 278 g/mol. The Hall–Kier alpha value is -2.75. The molecule has 0 amide bonds. The average Bonchev–Trinajstić information content (AvgIpc) is 2.89. The number of hydrogen-bond donors (Lipinski definition) is 1. The highest BCUT2D eigenvalue weighted by molar-refractivity contribution is 5.93. The van der Waals surface area contributed by atoms with Crippen LogP contribution in [-0.4, -0.2) is 25.2 Å². The molecule has 1 aromatic rings. The van der Waals surface area contributed by atoms with E-state index < -0.39 is 11.9 Å². The summed E-state index contributed by atoms with van der Waals surface area (Å²) in [6.07, 6.45) is 1.14. The van der Waals surface area contributed by atoms with Gasteiger partial charge in [0.25, 0.3) is 0 Å². The van der Waals surface area contributed by atoms with E-state index in [-0.39, 0.29) is 30.4 Å². The number of hydrogen-bond acceptors (Lipinski definition) is 7. The van der Waals surface area contributed by atoms with Crippen molar-refractivity contribution in [1.29, 1.82) is 5.26 Å². The molecule has 0 aromatic carbocycles. The zero-order valence-electron chi connectivity index (χ0n) is 11.1. The summed E-state index contributed by atoms with van der Waals surface area (Å²) in [6.45, 7) is 3.73. The third-order valence-electron chi connectivity index (χ3n) is 2.06. The van der Waals surface area contributed by atoms with Gasteiger partial charge in [0.2, 0.25) is 5.76 Å². The number of rotatable bonds is 6. The second kappa shape index (κ2) is 7.63. The lowest BCUT2D eigenvalue weighted by Crippen LogP contribution is -2.07. The molecule has 0 spiro atoms. The van der Waals surface area contributed by atoms with Gasteiger partial charge in [0.05, 0.1) is 13.2 Å². The van der Waals surface area contributed by atoms with Crippen molar-refractivity contribution < 1.29 is 23.5 Å². The number of ether oxygens (including phenoxy) is 2. The Kier molecular flexibility index (Phi) is 5.84. The minimum Gasteiger partial charge on any atom is -0.462 e. The summed E-state index contributed by atoms with van der Waals surface area (Å²) in [5.74, 6) is -1.10. The van der Waals surface area contributed by atoms with Crippen LogP contribution < -0.4 is 5.32 Å². The molecule has 0 radical (unpaired) electrons. The van der Waals surface area contributed by atoms with Crippen molar-refractivity contribution in [3.05, 3.63) is 29.7 Å². The Labute approximate surface area is 115 Å². The zero-order valence-corrected chi connectivity index (χ0v) is 11.1. The van der Waals surface area contributed by atoms with Gasteiger partial charge in [0.1, 0.15) is 6.07 Å². The van der Waals surface area contributed by atoms with Gasteiger partial charge in [0.15, 0.2) is 11.5 Å². The van der Waals surface area contributed by atoms with Gasteiger partial charge < -0.3 is 19.2 Å². The lowest BCUT2D eigenvalue weighted by molar-refractivity contribution is -0.138. The molecule has 7 nitrogen and oxygen atoms in total. The van der Waals surface area contributed by atoms with Gasteiger partial charge in [-0.3, -0.25) is 0 Å². The molecule has 1 rings (SSSR count). The van der Waals surface area contributed by atoms with Crippen LogP contribution in [0.15, 0.2) is 28.3 Å². The number of nitrogens with one attached hydrogen (secondary N) is 1. The van der Waals surface area contributed by atoms with Gasteiger partial charge in [-0.2, -0.15) is 5.26 Å². The highest BCUT2D eigenvalue weighted by atomic mass is 16.5. The third-order valence-corrected chi connectivity index (χ3v) is 2.06. The molecular formula is C13H14N2O5. The van der Waals surface area contributed by atoms with Gasteiger partial charge >= 0.3 is 11.9 Å². The number of esters is 2. The summed E-state index contributed by atoms with van der Waals surface area (Å²) in [7, 11) is 0. The van der Waals surface area contributed by atoms with Gasteiger partial charge in [0, 0.05) is 12.3 Å². The Morgan fingerprint density at radius 2 is 2.05 bits per heavy atom. The molecule has 106 valence electrons. The normalized spacial score (nSPS) is 10.6. The van der Waals surface area contributed by atoms with Crippen LogP contribution in [0.25, 0.3) is 0 Å². The number of carbonyl (C=O) groups excluding carboxylic acids is 2. The van der Waals surface area contributed by atoms with Crippen molar-refractivity contribution in [3.63, 3.8) is 0 Å². The molecule has 1 N–H and O–H groups in total. The van der Waals surface area contributed by atoms with Gasteiger partial charge in [-0.05, 0) is 19.9 Å². The molecule has 0 saturated heterocycles. The van der Waals surface area contributed by atoms with E-state index in [0.29, 0.717) is 0 Å². The van der Waals surface area contributed by atoms with E-state index >= 15 is 0 Å². The Morgan fingerprint density at radius 1 is 1.35 bits per heavy atom. The minimum atomic E-state index is -0.736. The Bertz CT molecular complexity index is 553. The second-order valence-electron chi connectivity index (χ2n) is 3.42. The number of anilines is 1. The summed E-state index contributed by atoms with van der Waals surface area (Å²) < 4.78 is 14.6. The van der Waals surface area contributed by atoms with Gasteiger partial charge in [-0.25, -0.2) is 9.59 Å². The number of nitriles is 1. The van der Waals surface area contributed by atoms with Crippen LogP contribution >= 0.6 is 0 Å². The summed E-state index contributed by atoms with van der Waals surface area (Å²) in [6, 6.07) is 4.59. The molecule has 1 heterocycles. The first-order valence-corrected chi connectivity index (χ1v) is 5.93. The number of nitrogens with zero attached hydrogens (tertiary/aromatic N) is 1. The van der Waals surface area contributed by atoms with Crippen molar-refractivity contribution >= 4 is 17.8 Å². The fourth-order valence-corrected chi connectivity index (χ4v) is 1.22. The SMILES string of the molecule is CCOC(=O)/C(C#N)=C/Nc1ccc(C(=O)OCC)o1. The highest BCUT2D eigenvalue weighted by Gasteiger charge is 2.13. The standard InChI is InChI=1S/C13H14N2O5/c1-3-18-12(16)9(7-14)8-15-11-6-5-10(20-11)13(17)19-4-2/h5-6,8,15H,3-4H2,1-2H3/b9-8+. The lowest BCUT2D eigenvalue weighted by atomic mass is 10.3. The minimum absolute atomic E-state index is 0.0254. The molecule has 0 aliphatic heterocycles. The molecule has 0 saturated carbocycles. The molecule has 20 heavy (non-hydrogen) atoms. The van der Waals surface area contributed by atoms with Crippen LogP contribution in [0.1, 0.15) is 24.4 Å². The van der Waals surface area contributed by atoms with E-state index in [2.05, 4.69) is 10.1 Å². The highest BCUT2D eigenvalue weighted by Crippen LogP contribution is 2.14. The van der Waals surface area contributed by atoms with Crippen molar-refractivity contribution in [1.82, 2.24) is 0 Å². The van der Waals surface area contributed by atoms with Crippen LogP contribution in [0.4, 0.5) is 5.88 Å². The Morgan fingerprint density at radius 3 is 2.65 bits per heavy atom. The molecule has 0 aliphatic carbocycles. The first kappa shape index (κ1) is 15.3. The first-order valence-electron chi connectivity index (χ1n) is 5.93. The predicted molar refractivity (Wildman–Crippen MR) is 68.6 cm³/mol. The van der Waals surface area contributed by atoms with Crippen LogP contribution in [0.5, 0.6) is 0 Å². The summed E-state index contributed by atoms with van der Waals surface area (Å²) >= 11 is 0. The Balaban J connectivity index is 2.72. The van der Waals surface area contributed by atoms with Crippen LogP contribution in [-0.2, 0) is 14.3 Å². The topological polar surface area (TPSA) is 102 Å². The second-order valence-corrected chi connectivity index (χ2v) is 3.42. The maximum absolute atomic E-state index is 11.4. The zero-order chi connectivity index (χ0) is 15.0. The number of carbonyl (C=O) groups is 2. The predicted octanol–water partition coefficient (Wildman–Crippen LogP) is 1.84. The molecule has 0 unspecified atom stereocenters. The fourth-order valence-electron chi connectivity index (χ4n) is 1.22. The molecule has 0 bridgehead atoms. The van der Waals surface area contributed by atoms with Crippen LogP contribution in [0, 0.1) is 11.3 Å². The van der Waals surface area contributed by atoms with E-state index in [4.69, 9.17) is 14.4 Å². The van der Waals surface area contributed by atoms with E-state index in [0.717, 1.165) is 6.20 Å². The van der Waals surface area contributed by atoms with Crippen molar-refractivity contribution in [2.75, 3.05) is 18.5 Å². The summed E-state index contributed by atoms with van der Waals surface area (Å²) in [5, 5.41) is 11.4. The van der Waals surface area contributed by atoms with E-state index in [1.54, 1.807) is 19.9 Å². The van der Waals surface area contributed by atoms with Crippen molar-refractivity contribution in [2.45, 2.75) is 13.8 Å². The molecule has 1 aromatic heterocycles. The maximum Gasteiger partial charge on any atom is 0.374 e. The average molecular weight is 278 g/mol.